The van der Waals surface area contributed by atoms with E-state index in [1.807, 2.05) is 5.38 Å². The molecule has 1 aromatic carbocycles. The fourth-order valence-electron chi connectivity index (χ4n) is 2.52. The lowest BCUT2D eigenvalue weighted by Crippen LogP contribution is -2.31. The van der Waals surface area contributed by atoms with Gasteiger partial charge >= 0.3 is 0 Å². The average Bonchev–Trinajstić information content (AvgIpc) is 3.29. The molecule has 1 aliphatic carbocycles. The number of anilines is 1. The molecule has 24 heavy (non-hydrogen) atoms. The third-order valence-electron chi connectivity index (χ3n) is 3.88. The third-order valence-corrected chi connectivity index (χ3v) is 4.77. The van der Waals surface area contributed by atoms with Gasteiger partial charge in [-0.2, -0.15) is 0 Å². The maximum atomic E-state index is 13.2. The number of fused-ring (bicyclic) bond motifs is 1. The van der Waals surface area contributed by atoms with Gasteiger partial charge in [0.15, 0.2) is 0 Å². The number of carbonyl (C=O) groups excluding carboxylic acids is 1. The van der Waals surface area contributed by atoms with Crippen LogP contribution in [0.15, 0.2) is 36.0 Å². The molecule has 1 aliphatic rings. The van der Waals surface area contributed by atoms with Crippen LogP contribution in [0.2, 0.25) is 0 Å². The Labute approximate surface area is 141 Å². The monoisotopic (exact) mass is 342 g/mol. The SMILES string of the molecule is O=C(CNc1ncnc2scc(-c3ccc(F)cc3)c12)NC1CC1. The van der Waals surface area contributed by atoms with Gasteiger partial charge in [-0.3, -0.25) is 4.79 Å². The molecule has 0 bridgehead atoms. The number of nitrogens with one attached hydrogen (secondary N) is 2. The number of aromatic nitrogens is 2. The lowest BCUT2D eigenvalue weighted by Gasteiger charge is -2.08. The number of halogens is 1. The summed E-state index contributed by atoms with van der Waals surface area (Å²) in [4.78, 5) is 21.3. The van der Waals surface area contributed by atoms with Crippen molar-refractivity contribution < 1.29 is 9.18 Å². The van der Waals surface area contributed by atoms with Crippen molar-refractivity contribution in [2.45, 2.75) is 18.9 Å². The van der Waals surface area contributed by atoms with Gasteiger partial charge in [-0.15, -0.1) is 11.3 Å². The van der Waals surface area contributed by atoms with E-state index in [0.29, 0.717) is 11.9 Å². The van der Waals surface area contributed by atoms with Crippen LogP contribution in [0.4, 0.5) is 10.2 Å². The molecule has 0 aliphatic heterocycles. The average molecular weight is 342 g/mol. The summed E-state index contributed by atoms with van der Waals surface area (Å²) in [5, 5.41) is 8.86. The molecular formula is C17H15FN4OS. The topological polar surface area (TPSA) is 66.9 Å². The molecule has 122 valence electrons. The first-order chi connectivity index (χ1) is 11.7. The molecule has 1 amide bonds. The predicted octanol–water partition coefficient (Wildman–Crippen LogP) is 3.19. The fraction of sp³-hybridized carbons (Fsp3) is 0.235. The minimum Gasteiger partial charge on any atom is -0.360 e. The minimum atomic E-state index is -0.273. The van der Waals surface area contributed by atoms with Crippen molar-refractivity contribution in [2.75, 3.05) is 11.9 Å². The van der Waals surface area contributed by atoms with Crippen LogP contribution in [-0.4, -0.2) is 28.5 Å². The van der Waals surface area contributed by atoms with E-state index in [9.17, 15) is 9.18 Å². The molecule has 5 nitrogen and oxygen atoms in total. The lowest BCUT2D eigenvalue weighted by molar-refractivity contribution is -0.119. The number of thiophene rings is 1. The molecule has 0 unspecified atom stereocenters. The van der Waals surface area contributed by atoms with E-state index >= 15 is 0 Å². The predicted molar refractivity (Wildman–Crippen MR) is 92.5 cm³/mol. The Kier molecular flexibility index (Phi) is 3.86. The maximum Gasteiger partial charge on any atom is 0.239 e. The summed E-state index contributed by atoms with van der Waals surface area (Å²) in [7, 11) is 0. The first-order valence-corrected chi connectivity index (χ1v) is 8.60. The molecule has 0 atom stereocenters. The zero-order valence-corrected chi connectivity index (χ0v) is 13.6. The summed E-state index contributed by atoms with van der Waals surface area (Å²) >= 11 is 1.50. The molecule has 2 heterocycles. The van der Waals surface area contributed by atoms with Gasteiger partial charge in [0.1, 0.15) is 22.8 Å². The van der Waals surface area contributed by atoms with Crippen molar-refractivity contribution in [1.82, 2.24) is 15.3 Å². The Morgan fingerprint density at radius 2 is 2.04 bits per heavy atom. The quantitative estimate of drug-likeness (QED) is 0.747. The van der Waals surface area contributed by atoms with Crippen LogP contribution in [0.25, 0.3) is 21.3 Å². The van der Waals surface area contributed by atoms with Crippen molar-refractivity contribution in [3.63, 3.8) is 0 Å². The van der Waals surface area contributed by atoms with Gasteiger partial charge in [-0.25, -0.2) is 14.4 Å². The molecule has 0 saturated heterocycles. The van der Waals surface area contributed by atoms with E-state index in [0.717, 1.165) is 34.2 Å². The molecule has 4 rings (SSSR count). The smallest absolute Gasteiger partial charge is 0.239 e. The molecule has 2 aromatic heterocycles. The number of nitrogens with zero attached hydrogens (tertiary/aromatic N) is 2. The summed E-state index contributed by atoms with van der Waals surface area (Å²) < 4.78 is 13.2. The van der Waals surface area contributed by atoms with Gasteiger partial charge in [-0.1, -0.05) is 12.1 Å². The summed E-state index contributed by atoms with van der Waals surface area (Å²) in [5.41, 5.74) is 1.82. The molecule has 3 aromatic rings. The molecule has 1 fully saturated rings. The number of hydrogen-bond acceptors (Lipinski definition) is 5. The largest absolute Gasteiger partial charge is 0.360 e. The highest BCUT2D eigenvalue weighted by Gasteiger charge is 2.23. The van der Waals surface area contributed by atoms with E-state index in [1.165, 1.54) is 29.8 Å². The third kappa shape index (κ3) is 3.07. The number of carbonyl (C=O) groups is 1. The molecule has 1 saturated carbocycles. The molecule has 2 N–H and O–H groups in total. The first kappa shape index (κ1) is 15.0. The maximum absolute atomic E-state index is 13.2. The van der Waals surface area contributed by atoms with Gasteiger partial charge in [0.25, 0.3) is 0 Å². The number of hydrogen-bond donors (Lipinski definition) is 2. The van der Waals surface area contributed by atoms with Crippen molar-refractivity contribution in [2.24, 2.45) is 0 Å². The zero-order chi connectivity index (χ0) is 16.5. The second kappa shape index (κ2) is 6.16. The fourth-order valence-corrected chi connectivity index (χ4v) is 3.44. The van der Waals surface area contributed by atoms with Gasteiger partial charge in [0.05, 0.1) is 11.9 Å². The van der Waals surface area contributed by atoms with Crippen LogP contribution in [-0.2, 0) is 4.79 Å². The van der Waals surface area contributed by atoms with Gasteiger partial charge in [0, 0.05) is 17.0 Å². The molecule has 7 heteroatoms. The molecule has 0 radical (unpaired) electrons. The van der Waals surface area contributed by atoms with E-state index in [2.05, 4.69) is 20.6 Å². The van der Waals surface area contributed by atoms with E-state index in [1.54, 1.807) is 12.1 Å². The Balaban J connectivity index is 1.63. The first-order valence-electron chi connectivity index (χ1n) is 7.72. The summed E-state index contributed by atoms with van der Waals surface area (Å²) in [5.74, 6) is 0.305. The Morgan fingerprint density at radius 1 is 1.25 bits per heavy atom. The Hall–Kier alpha value is -2.54. The molecule has 0 spiro atoms. The van der Waals surface area contributed by atoms with Crippen LogP contribution in [0.1, 0.15) is 12.8 Å². The van der Waals surface area contributed by atoms with Gasteiger partial charge < -0.3 is 10.6 Å². The highest BCUT2D eigenvalue weighted by molar-refractivity contribution is 7.17. The van der Waals surface area contributed by atoms with Gasteiger partial charge in [0.2, 0.25) is 5.91 Å². The van der Waals surface area contributed by atoms with E-state index < -0.39 is 0 Å². The summed E-state index contributed by atoms with van der Waals surface area (Å²) in [6.07, 6.45) is 3.60. The van der Waals surface area contributed by atoms with Crippen molar-refractivity contribution in [1.29, 1.82) is 0 Å². The number of rotatable bonds is 5. The van der Waals surface area contributed by atoms with Crippen molar-refractivity contribution in [3.05, 3.63) is 41.8 Å². The van der Waals surface area contributed by atoms with Crippen LogP contribution in [0, 0.1) is 5.82 Å². The van der Waals surface area contributed by atoms with Gasteiger partial charge in [-0.05, 0) is 30.5 Å². The number of benzene rings is 1. The Morgan fingerprint density at radius 3 is 2.79 bits per heavy atom. The van der Waals surface area contributed by atoms with E-state index in [-0.39, 0.29) is 18.3 Å². The van der Waals surface area contributed by atoms with Crippen LogP contribution in [0.5, 0.6) is 0 Å². The highest BCUT2D eigenvalue weighted by Crippen LogP contribution is 2.36. The van der Waals surface area contributed by atoms with Crippen molar-refractivity contribution >= 4 is 33.3 Å². The van der Waals surface area contributed by atoms with Crippen LogP contribution in [0.3, 0.4) is 0 Å². The van der Waals surface area contributed by atoms with Crippen LogP contribution < -0.4 is 10.6 Å². The van der Waals surface area contributed by atoms with E-state index in [4.69, 9.17) is 0 Å². The number of amides is 1. The second-order valence-electron chi connectivity index (χ2n) is 5.75. The normalized spacial score (nSPS) is 13.9. The van der Waals surface area contributed by atoms with Crippen molar-refractivity contribution in [3.8, 4) is 11.1 Å². The highest BCUT2D eigenvalue weighted by atomic mass is 32.1. The second-order valence-corrected chi connectivity index (χ2v) is 6.61. The zero-order valence-electron chi connectivity index (χ0n) is 12.8. The summed E-state index contributed by atoms with van der Waals surface area (Å²) in [6, 6.07) is 6.65. The Bertz CT molecular complexity index is 889. The standard InChI is InChI=1S/C17H15FN4OS/c18-11-3-1-10(2-4-11)13-8-24-17-15(13)16(20-9-21-17)19-7-14(23)22-12-5-6-12/h1-4,8-9,12H,5-7H2,(H,22,23)(H,19,20,21). The molecular weight excluding hydrogens is 327 g/mol. The lowest BCUT2D eigenvalue weighted by atomic mass is 10.1. The summed E-state index contributed by atoms with van der Waals surface area (Å²) in [6.45, 7) is 0.168. The van der Waals surface area contributed by atoms with Crippen LogP contribution >= 0.6 is 11.3 Å². The minimum absolute atomic E-state index is 0.0391.